The number of ether oxygens (including phenoxy) is 1. The molecule has 1 amide bonds. The van der Waals surface area contributed by atoms with E-state index >= 15 is 0 Å². The van der Waals surface area contributed by atoms with E-state index < -0.39 is 0 Å². The first-order valence-corrected chi connectivity index (χ1v) is 8.58. The summed E-state index contributed by atoms with van der Waals surface area (Å²) < 4.78 is 18.3. The number of methoxy groups -OCH3 is 1. The van der Waals surface area contributed by atoms with Crippen LogP contribution in [-0.2, 0) is 22.4 Å². The molecule has 0 radical (unpaired) electrons. The van der Waals surface area contributed by atoms with Crippen molar-refractivity contribution in [2.75, 3.05) is 26.8 Å². The van der Waals surface area contributed by atoms with Gasteiger partial charge in [-0.15, -0.1) is 0 Å². The Hall–Kier alpha value is -2.28. The molecule has 1 fully saturated rings. The zero-order valence-corrected chi connectivity index (χ0v) is 14.4. The summed E-state index contributed by atoms with van der Waals surface area (Å²) in [6, 6.07) is 6.21. The molecule has 0 aliphatic carbocycles. The van der Waals surface area contributed by atoms with Crippen LogP contribution in [0.1, 0.15) is 36.0 Å². The van der Waals surface area contributed by atoms with Gasteiger partial charge in [0.25, 0.3) is 0 Å². The number of piperidine rings is 1. The molecule has 2 aromatic rings. The monoisotopic (exact) mass is 346 g/mol. The lowest BCUT2D eigenvalue weighted by Gasteiger charge is -2.31. The summed E-state index contributed by atoms with van der Waals surface area (Å²) in [7, 11) is 1.65. The molecule has 1 aliphatic heterocycles. The average molecular weight is 346 g/mol. The van der Waals surface area contributed by atoms with E-state index in [0.717, 1.165) is 31.0 Å². The minimum absolute atomic E-state index is 0.0189. The first-order valence-electron chi connectivity index (χ1n) is 8.58. The van der Waals surface area contributed by atoms with Crippen LogP contribution in [0.2, 0.25) is 0 Å². The second kappa shape index (κ2) is 8.20. The number of halogens is 1. The highest BCUT2D eigenvalue weighted by atomic mass is 19.1. The molecule has 0 saturated carbocycles. The van der Waals surface area contributed by atoms with Crippen molar-refractivity contribution in [2.24, 2.45) is 0 Å². The van der Waals surface area contributed by atoms with Crippen LogP contribution in [0.25, 0.3) is 0 Å². The Balaban J connectivity index is 1.60. The van der Waals surface area contributed by atoms with Gasteiger partial charge in [0.15, 0.2) is 5.82 Å². The number of carbonyl (C=O) groups is 1. The molecule has 7 heteroatoms. The lowest BCUT2D eigenvalue weighted by atomic mass is 9.96. The Kier molecular flexibility index (Phi) is 5.75. The van der Waals surface area contributed by atoms with E-state index in [0.29, 0.717) is 25.1 Å². The number of hydrogen-bond acceptors (Lipinski definition) is 4. The Labute approximate surface area is 146 Å². The number of nitrogens with one attached hydrogen (secondary N) is 1. The Morgan fingerprint density at radius 2 is 2.36 bits per heavy atom. The number of benzene rings is 1. The number of likely N-dealkylation sites (tertiary alicyclic amines) is 1. The summed E-state index contributed by atoms with van der Waals surface area (Å²) in [5.41, 5.74) is 0.701. The quantitative estimate of drug-likeness (QED) is 0.869. The highest BCUT2D eigenvalue weighted by Crippen LogP contribution is 2.25. The Bertz CT molecular complexity index is 719. The molecule has 1 saturated heterocycles. The summed E-state index contributed by atoms with van der Waals surface area (Å²) in [6.45, 7) is 1.93. The second-order valence-electron chi connectivity index (χ2n) is 6.37. The van der Waals surface area contributed by atoms with Crippen LogP contribution >= 0.6 is 0 Å². The summed E-state index contributed by atoms with van der Waals surface area (Å²) >= 11 is 0. The van der Waals surface area contributed by atoms with Gasteiger partial charge in [0.1, 0.15) is 11.6 Å². The lowest BCUT2D eigenvalue weighted by Crippen LogP contribution is -2.40. The average Bonchev–Trinajstić information content (AvgIpc) is 3.09. The number of nitrogens with zero attached hydrogens (tertiary/aromatic N) is 3. The molecule has 0 unspecified atom stereocenters. The van der Waals surface area contributed by atoms with Gasteiger partial charge < -0.3 is 9.64 Å². The molecule has 0 spiro atoms. The fourth-order valence-corrected chi connectivity index (χ4v) is 3.15. The third-order valence-corrected chi connectivity index (χ3v) is 4.48. The van der Waals surface area contributed by atoms with E-state index in [1.54, 1.807) is 19.2 Å². The maximum atomic E-state index is 13.3. The van der Waals surface area contributed by atoms with Crippen molar-refractivity contribution in [3.05, 3.63) is 47.3 Å². The third kappa shape index (κ3) is 4.63. The number of H-pyrrole nitrogens is 1. The van der Waals surface area contributed by atoms with Crippen LogP contribution in [0.15, 0.2) is 24.3 Å². The molecular formula is C18H23FN4O2. The molecule has 1 atom stereocenters. The van der Waals surface area contributed by atoms with Crippen molar-refractivity contribution in [1.82, 2.24) is 20.1 Å². The lowest BCUT2D eigenvalue weighted by molar-refractivity contribution is -0.131. The molecule has 6 nitrogen and oxygen atoms in total. The zero-order valence-electron chi connectivity index (χ0n) is 14.4. The molecular weight excluding hydrogens is 323 g/mol. The Morgan fingerprint density at radius 1 is 1.48 bits per heavy atom. The van der Waals surface area contributed by atoms with E-state index in [1.807, 2.05) is 4.90 Å². The molecule has 134 valence electrons. The molecule has 3 rings (SSSR count). The summed E-state index contributed by atoms with van der Waals surface area (Å²) in [4.78, 5) is 18.9. The topological polar surface area (TPSA) is 71.1 Å². The predicted octanol–water partition coefficient (Wildman–Crippen LogP) is 2.08. The number of hydrogen-bond donors (Lipinski definition) is 1. The first-order chi connectivity index (χ1) is 12.2. The first kappa shape index (κ1) is 17.5. The van der Waals surface area contributed by atoms with Gasteiger partial charge in [0.05, 0.1) is 13.0 Å². The zero-order chi connectivity index (χ0) is 17.6. The van der Waals surface area contributed by atoms with Gasteiger partial charge in [-0.05, 0) is 30.5 Å². The number of aromatic nitrogens is 3. The molecule has 1 aromatic carbocycles. The van der Waals surface area contributed by atoms with Crippen LogP contribution < -0.4 is 0 Å². The fraction of sp³-hybridized carbons (Fsp3) is 0.500. The molecule has 0 bridgehead atoms. The summed E-state index contributed by atoms with van der Waals surface area (Å²) in [5, 5.41) is 7.24. The number of rotatable bonds is 6. The summed E-state index contributed by atoms with van der Waals surface area (Å²) in [6.07, 6.45) is 2.79. The second-order valence-corrected chi connectivity index (χ2v) is 6.37. The highest BCUT2D eigenvalue weighted by Gasteiger charge is 2.27. The van der Waals surface area contributed by atoms with Gasteiger partial charge in [0, 0.05) is 32.5 Å². The van der Waals surface area contributed by atoms with Crippen molar-refractivity contribution < 1.29 is 13.9 Å². The maximum Gasteiger partial charge on any atom is 0.227 e. The minimum Gasteiger partial charge on any atom is -0.384 e. The standard InChI is InChI=1S/C18H23FN4O2/c1-25-9-7-16-20-18(22-21-16)14-5-3-8-23(12-14)17(24)11-13-4-2-6-15(19)10-13/h2,4,6,10,14H,3,5,7-9,11-12H2,1H3,(H,20,21,22)/t14-/m1/s1. The van der Waals surface area contributed by atoms with Crippen LogP contribution in [-0.4, -0.2) is 52.8 Å². The number of carbonyl (C=O) groups excluding carboxylic acids is 1. The molecule has 1 aromatic heterocycles. The van der Waals surface area contributed by atoms with Gasteiger partial charge in [-0.25, -0.2) is 9.37 Å². The van der Waals surface area contributed by atoms with Crippen molar-refractivity contribution in [2.45, 2.75) is 31.6 Å². The van der Waals surface area contributed by atoms with E-state index in [1.165, 1.54) is 12.1 Å². The summed E-state index contributed by atoms with van der Waals surface area (Å²) in [5.74, 6) is 1.41. The van der Waals surface area contributed by atoms with E-state index in [-0.39, 0.29) is 24.1 Å². The molecule has 1 N–H and O–H groups in total. The van der Waals surface area contributed by atoms with Crippen LogP contribution in [0.5, 0.6) is 0 Å². The predicted molar refractivity (Wildman–Crippen MR) is 90.6 cm³/mol. The highest BCUT2D eigenvalue weighted by molar-refractivity contribution is 5.79. The number of amides is 1. The minimum atomic E-state index is -0.314. The van der Waals surface area contributed by atoms with E-state index in [9.17, 15) is 9.18 Å². The van der Waals surface area contributed by atoms with Crippen LogP contribution in [0.4, 0.5) is 4.39 Å². The van der Waals surface area contributed by atoms with E-state index in [4.69, 9.17) is 4.74 Å². The molecule has 2 heterocycles. The fourth-order valence-electron chi connectivity index (χ4n) is 3.15. The van der Waals surface area contributed by atoms with Crippen molar-refractivity contribution in [3.8, 4) is 0 Å². The van der Waals surface area contributed by atoms with Gasteiger partial charge in [-0.1, -0.05) is 12.1 Å². The third-order valence-electron chi connectivity index (χ3n) is 4.48. The van der Waals surface area contributed by atoms with E-state index in [2.05, 4.69) is 15.2 Å². The van der Waals surface area contributed by atoms with Crippen LogP contribution in [0, 0.1) is 5.82 Å². The van der Waals surface area contributed by atoms with Gasteiger partial charge in [0.2, 0.25) is 5.91 Å². The maximum absolute atomic E-state index is 13.3. The van der Waals surface area contributed by atoms with Crippen molar-refractivity contribution in [3.63, 3.8) is 0 Å². The molecule has 1 aliphatic rings. The SMILES string of the molecule is COCCc1nc([C@@H]2CCCN(C(=O)Cc3cccc(F)c3)C2)n[nH]1. The van der Waals surface area contributed by atoms with Crippen molar-refractivity contribution in [1.29, 1.82) is 0 Å². The van der Waals surface area contributed by atoms with Crippen LogP contribution in [0.3, 0.4) is 0 Å². The van der Waals surface area contributed by atoms with Crippen molar-refractivity contribution >= 4 is 5.91 Å². The van der Waals surface area contributed by atoms with Gasteiger partial charge in [-0.3, -0.25) is 9.89 Å². The Morgan fingerprint density at radius 3 is 3.16 bits per heavy atom. The smallest absolute Gasteiger partial charge is 0.227 e. The van der Waals surface area contributed by atoms with Gasteiger partial charge in [-0.2, -0.15) is 5.10 Å². The molecule has 25 heavy (non-hydrogen) atoms. The normalized spacial score (nSPS) is 17.7. The largest absolute Gasteiger partial charge is 0.384 e. The number of aromatic amines is 1. The van der Waals surface area contributed by atoms with Gasteiger partial charge >= 0.3 is 0 Å².